The van der Waals surface area contributed by atoms with Crippen LogP contribution in [-0.2, 0) is 4.74 Å². The van der Waals surface area contributed by atoms with Gasteiger partial charge < -0.3 is 10.5 Å². The third-order valence-corrected chi connectivity index (χ3v) is 2.41. The fourth-order valence-electron chi connectivity index (χ4n) is 1.68. The van der Waals surface area contributed by atoms with Crippen LogP contribution in [-0.4, -0.2) is 18.2 Å². The Kier molecular flexibility index (Phi) is 11.5. The van der Waals surface area contributed by atoms with Gasteiger partial charge in [-0.3, -0.25) is 0 Å². The molecule has 2 unspecified atom stereocenters. The van der Waals surface area contributed by atoms with E-state index in [4.69, 9.17) is 10.5 Å². The predicted octanol–water partition coefficient (Wildman–Crippen LogP) is 3.98. The van der Waals surface area contributed by atoms with Crippen molar-refractivity contribution in [1.82, 2.24) is 0 Å². The lowest BCUT2D eigenvalue weighted by Crippen LogP contribution is -2.31. The van der Waals surface area contributed by atoms with Crippen LogP contribution in [0.2, 0.25) is 0 Å². The van der Waals surface area contributed by atoms with Gasteiger partial charge >= 0.3 is 0 Å². The first-order chi connectivity index (χ1) is 7.40. The molecule has 2 nitrogen and oxygen atoms in total. The van der Waals surface area contributed by atoms with E-state index in [9.17, 15) is 0 Å². The van der Waals surface area contributed by atoms with Crippen LogP contribution in [0.4, 0.5) is 0 Å². The molecular formula is C14H33NO. The summed E-state index contributed by atoms with van der Waals surface area (Å²) in [4.78, 5) is 0. The van der Waals surface area contributed by atoms with Gasteiger partial charge in [0.05, 0.1) is 11.7 Å². The second kappa shape index (κ2) is 10.1. The minimum Gasteiger partial charge on any atom is -0.372 e. The van der Waals surface area contributed by atoms with Crippen LogP contribution in [0.15, 0.2) is 0 Å². The number of hydrogen-bond acceptors (Lipinski definition) is 2. The Morgan fingerprint density at radius 2 is 1.69 bits per heavy atom. The Bertz CT molecular complexity index is 140. The standard InChI is InChI=1S/C12H27NO.C2H6/c1-6-11(14-12(3,4)5)10(2)8-7-9-13;1-2/h10-11H,6-9,13H2,1-5H3;1-2H3. The molecule has 2 atom stereocenters. The number of rotatable bonds is 6. The molecule has 0 rings (SSSR count). The van der Waals surface area contributed by atoms with Crippen LogP contribution in [0.1, 0.15) is 67.7 Å². The molecule has 2 N–H and O–H groups in total. The average molecular weight is 231 g/mol. The predicted molar refractivity (Wildman–Crippen MR) is 73.7 cm³/mol. The van der Waals surface area contributed by atoms with E-state index in [-0.39, 0.29) is 5.60 Å². The highest BCUT2D eigenvalue weighted by molar-refractivity contribution is 4.70. The minimum absolute atomic E-state index is 0.0301. The van der Waals surface area contributed by atoms with Crippen molar-refractivity contribution in [2.24, 2.45) is 11.7 Å². The molecule has 0 fully saturated rings. The van der Waals surface area contributed by atoms with Gasteiger partial charge in [-0.2, -0.15) is 0 Å². The molecule has 0 aromatic carbocycles. The molecule has 16 heavy (non-hydrogen) atoms. The van der Waals surface area contributed by atoms with Crippen molar-refractivity contribution >= 4 is 0 Å². The van der Waals surface area contributed by atoms with Gasteiger partial charge in [-0.25, -0.2) is 0 Å². The molecule has 0 aromatic rings. The SMILES string of the molecule is CC.CCC(OC(C)(C)C)C(C)CCCN. The highest BCUT2D eigenvalue weighted by atomic mass is 16.5. The van der Waals surface area contributed by atoms with Crippen molar-refractivity contribution < 1.29 is 4.74 Å². The highest BCUT2D eigenvalue weighted by Crippen LogP contribution is 2.22. The Morgan fingerprint density at radius 3 is 2.00 bits per heavy atom. The third-order valence-electron chi connectivity index (χ3n) is 2.41. The van der Waals surface area contributed by atoms with Crippen LogP contribution >= 0.6 is 0 Å². The molecule has 0 aromatic heterocycles. The average Bonchev–Trinajstić information content (AvgIpc) is 2.24. The molecule has 0 bridgehead atoms. The van der Waals surface area contributed by atoms with E-state index in [1.54, 1.807) is 0 Å². The zero-order valence-corrected chi connectivity index (χ0v) is 12.5. The van der Waals surface area contributed by atoms with Crippen molar-refractivity contribution in [3.05, 3.63) is 0 Å². The minimum atomic E-state index is -0.0301. The number of nitrogens with two attached hydrogens (primary N) is 1. The third kappa shape index (κ3) is 10.4. The smallest absolute Gasteiger partial charge is 0.0605 e. The van der Waals surface area contributed by atoms with E-state index in [0.717, 1.165) is 19.4 Å². The summed E-state index contributed by atoms with van der Waals surface area (Å²) in [6, 6.07) is 0. The molecule has 0 saturated heterocycles. The summed E-state index contributed by atoms with van der Waals surface area (Å²) < 4.78 is 6.00. The molecule has 0 aliphatic heterocycles. The van der Waals surface area contributed by atoms with Gasteiger partial charge in [0.2, 0.25) is 0 Å². The maximum absolute atomic E-state index is 6.00. The molecule has 0 heterocycles. The fraction of sp³-hybridized carbons (Fsp3) is 1.00. The monoisotopic (exact) mass is 231 g/mol. The second-order valence-corrected chi connectivity index (χ2v) is 5.09. The molecule has 0 radical (unpaired) electrons. The van der Waals surface area contributed by atoms with Crippen LogP contribution in [0.25, 0.3) is 0 Å². The molecule has 0 amide bonds. The first kappa shape index (κ1) is 18.3. The van der Waals surface area contributed by atoms with Crippen LogP contribution in [0.5, 0.6) is 0 Å². The van der Waals surface area contributed by atoms with Gasteiger partial charge in [-0.15, -0.1) is 0 Å². The van der Waals surface area contributed by atoms with Gasteiger partial charge in [0.1, 0.15) is 0 Å². The van der Waals surface area contributed by atoms with E-state index in [0.29, 0.717) is 12.0 Å². The maximum Gasteiger partial charge on any atom is 0.0605 e. The topological polar surface area (TPSA) is 35.2 Å². The van der Waals surface area contributed by atoms with Crippen LogP contribution in [0.3, 0.4) is 0 Å². The van der Waals surface area contributed by atoms with E-state index < -0.39 is 0 Å². The molecule has 0 saturated carbocycles. The quantitative estimate of drug-likeness (QED) is 0.750. The molecule has 0 aliphatic carbocycles. The summed E-state index contributed by atoms with van der Waals surface area (Å²) in [7, 11) is 0. The summed E-state index contributed by atoms with van der Waals surface area (Å²) in [6.07, 6.45) is 3.74. The van der Waals surface area contributed by atoms with E-state index in [1.807, 2.05) is 13.8 Å². The van der Waals surface area contributed by atoms with Crippen molar-refractivity contribution in [3.63, 3.8) is 0 Å². The van der Waals surface area contributed by atoms with E-state index in [1.165, 1.54) is 6.42 Å². The number of hydrogen-bond donors (Lipinski definition) is 1. The first-order valence-electron chi connectivity index (χ1n) is 6.78. The Balaban J connectivity index is 0. The Morgan fingerprint density at radius 1 is 1.19 bits per heavy atom. The summed E-state index contributed by atoms with van der Waals surface area (Å²) in [5, 5.41) is 0. The Hall–Kier alpha value is -0.0800. The lowest BCUT2D eigenvalue weighted by molar-refractivity contribution is -0.0846. The Labute approximate surface area is 103 Å². The van der Waals surface area contributed by atoms with Crippen molar-refractivity contribution in [2.45, 2.75) is 79.4 Å². The van der Waals surface area contributed by atoms with Gasteiger partial charge in [0, 0.05) is 0 Å². The largest absolute Gasteiger partial charge is 0.372 e. The lowest BCUT2D eigenvalue weighted by atomic mass is 9.96. The van der Waals surface area contributed by atoms with Crippen molar-refractivity contribution in [2.75, 3.05) is 6.54 Å². The normalized spacial score (nSPS) is 15.0. The molecular weight excluding hydrogens is 198 g/mol. The van der Waals surface area contributed by atoms with Gasteiger partial charge in [-0.1, -0.05) is 27.7 Å². The van der Waals surface area contributed by atoms with Crippen LogP contribution in [0, 0.1) is 5.92 Å². The first-order valence-corrected chi connectivity index (χ1v) is 6.78. The van der Waals surface area contributed by atoms with Gasteiger partial charge in [0.25, 0.3) is 0 Å². The molecule has 2 heteroatoms. The summed E-state index contributed by atoms with van der Waals surface area (Å²) >= 11 is 0. The summed E-state index contributed by atoms with van der Waals surface area (Å²) in [5.41, 5.74) is 5.47. The number of ether oxygens (including phenoxy) is 1. The lowest BCUT2D eigenvalue weighted by Gasteiger charge is -2.31. The zero-order valence-electron chi connectivity index (χ0n) is 12.5. The molecule has 0 aliphatic rings. The summed E-state index contributed by atoms with van der Waals surface area (Å²) in [5.74, 6) is 0.614. The highest BCUT2D eigenvalue weighted by Gasteiger charge is 2.21. The summed E-state index contributed by atoms with van der Waals surface area (Å²) in [6.45, 7) is 15.6. The van der Waals surface area contributed by atoms with Gasteiger partial charge in [-0.05, 0) is 52.5 Å². The van der Waals surface area contributed by atoms with Gasteiger partial charge in [0.15, 0.2) is 0 Å². The van der Waals surface area contributed by atoms with Crippen LogP contribution < -0.4 is 5.73 Å². The van der Waals surface area contributed by atoms with E-state index >= 15 is 0 Å². The molecule has 100 valence electrons. The second-order valence-electron chi connectivity index (χ2n) is 5.09. The molecule has 0 spiro atoms. The zero-order chi connectivity index (χ0) is 13.2. The van der Waals surface area contributed by atoms with E-state index in [2.05, 4.69) is 34.6 Å². The van der Waals surface area contributed by atoms with Crippen molar-refractivity contribution in [3.8, 4) is 0 Å². The van der Waals surface area contributed by atoms with Crippen molar-refractivity contribution in [1.29, 1.82) is 0 Å². The maximum atomic E-state index is 6.00. The fourth-order valence-corrected chi connectivity index (χ4v) is 1.68.